The summed E-state index contributed by atoms with van der Waals surface area (Å²) in [7, 11) is 0. The molecule has 1 heterocycles. The van der Waals surface area contributed by atoms with Crippen molar-refractivity contribution in [3.8, 4) is 0 Å². The van der Waals surface area contributed by atoms with Crippen molar-refractivity contribution in [1.29, 1.82) is 0 Å². The summed E-state index contributed by atoms with van der Waals surface area (Å²) in [5.41, 5.74) is 6.02. The Morgan fingerprint density at radius 1 is 1.67 bits per heavy atom. The van der Waals surface area contributed by atoms with Gasteiger partial charge in [-0.15, -0.1) is 0 Å². The van der Waals surface area contributed by atoms with Crippen molar-refractivity contribution >= 4 is 34.4 Å². The summed E-state index contributed by atoms with van der Waals surface area (Å²) < 4.78 is 13.2. The zero-order valence-electron chi connectivity index (χ0n) is 9.32. The zero-order valence-corrected chi connectivity index (χ0v) is 10.9. The fourth-order valence-electron chi connectivity index (χ4n) is 1.51. The van der Waals surface area contributed by atoms with Crippen molar-refractivity contribution in [1.82, 2.24) is 5.32 Å². The van der Waals surface area contributed by atoms with Crippen LogP contribution >= 0.6 is 23.4 Å². The molecule has 1 aromatic carbocycles. The number of hydrogen-bond donors (Lipinski definition) is 2. The lowest BCUT2D eigenvalue weighted by molar-refractivity contribution is -0.120. The number of carbonyl (C=O) groups excluding carboxylic acids is 1. The van der Waals surface area contributed by atoms with E-state index in [4.69, 9.17) is 17.3 Å². The van der Waals surface area contributed by atoms with Crippen LogP contribution in [0, 0.1) is 5.82 Å². The smallest absolute Gasteiger partial charge is 0.235 e. The molecule has 0 saturated carbocycles. The first-order chi connectivity index (χ1) is 8.58. The van der Waals surface area contributed by atoms with E-state index in [0.29, 0.717) is 17.3 Å². The van der Waals surface area contributed by atoms with Crippen molar-refractivity contribution < 1.29 is 9.18 Å². The maximum Gasteiger partial charge on any atom is 0.235 e. The number of amidine groups is 1. The Labute approximate surface area is 113 Å². The minimum atomic E-state index is -0.494. The minimum Gasteiger partial charge on any atom is -0.379 e. The molecule has 0 saturated heterocycles. The summed E-state index contributed by atoms with van der Waals surface area (Å²) in [5.74, 6) is -0.671. The van der Waals surface area contributed by atoms with Gasteiger partial charge in [0.1, 0.15) is 11.1 Å². The lowest BCUT2D eigenvalue weighted by Crippen LogP contribution is -2.33. The predicted octanol–water partition coefficient (Wildman–Crippen LogP) is 1.53. The average Bonchev–Trinajstić information content (AvgIpc) is 2.77. The molecule has 7 heteroatoms. The molecule has 0 spiro atoms. The number of nitrogens with one attached hydrogen (secondary N) is 1. The van der Waals surface area contributed by atoms with E-state index in [9.17, 15) is 9.18 Å². The van der Waals surface area contributed by atoms with Gasteiger partial charge >= 0.3 is 0 Å². The second-order valence-corrected chi connectivity index (χ2v) is 5.32. The Hall–Kier alpha value is -1.27. The van der Waals surface area contributed by atoms with E-state index < -0.39 is 5.82 Å². The SMILES string of the molecule is NC1=NCC(C(=O)NCc2cccc(F)c2Cl)S1. The third kappa shape index (κ3) is 2.94. The number of amides is 1. The van der Waals surface area contributed by atoms with E-state index in [2.05, 4.69) is 10.3 Å². The molecule has 96 valence electrons. The van der Waals surface area contributed by atoms with Crippen molar-refractivity contribution in [3.05, 3.63) is 34.6 Å². The highest BCUT2D eigenvalue weighted by molar-refractivity contribution is 8.15. The topological polar surface area (TPSA) is 67.5 Å². The van der Waals surface area contributed by atoms with Crippen LogP contribution in [-0.4, -0.2) is 22.9 Å². The van der Waals surface area contributed by atoms with Crippen molar-refractivity contribution in [2.75, 3.05) is 6.54 Å². The molecule has 1 atom stereocenters. The second-order valence-electron chi connectivity index (χ2n) is 3.72. The molecule has 4 nitrogen and oxygen atoms in total. The first-order valence-corrected chi connectivity index (χ1v) is 6.51. The highest BCUT2D eigenvalue weighted by atomic mass is 35.5. The lowest BCUT2D eigenvalue weighted by Gasteiger charge is -2.10. The molecule has 0 aromatic heterocycles. The van der Waals surface area contributed by atoms with Gasteiger partial charge in [-0.25, -0.2) is 4.39 Å². The van der Waals surface area contributed by atoms with E-state index >= 15 is 0 Å². The van der Waals surface area contributed by atoms with Crippen LogP contribution in [0.15, 0.2) is 23.2 Å². The molecule has 0 radical (unpaired) electrons. The Morgan fingerprint density at radius 2 is 2.44 bits per heavy atom. The average molecular weight is 288 g/mol. The number of nitrogens with two attached hydrogens (primary N) is 1. The van der Waals surface area contributed by atoms with Gasteiger partial charge in [-0.2, -0.15) is 0 Å². The third-order valence-corrected chi connectivity index (χ3v) is 3.89. The van der Waals surface area contributed by atoms with Gasteiger partial charge in [0.25, 0.3) is 0 Å². The monoisotopic (exact) mass is 287 g/mol. The quantitative estimate of drug-likeness (QED) is 0.886. The van der Waals surface area contributed by atoms with Gasteiger partial charge < -0.3 is 11.1 Å². The normalized spacial score (nSPS) is 18.6. The summed E-state index contributed by atoms with van der Waals surface area (Å²) in [4.78, 5) is 15.7. The molecule has 0 aliphatic carbocycles. The van der Waals surface area contributed by atoms with Crippen LogP contribution in [0.25, 0.3) is 0 Å². The summed E-state index contributed by atoms with van der Waals surface area (Å²) in [6.07, 6.45) is 0. The molecule has 1 aromatic rings. The van der Waals surface area contributed by atoms with Crippen LogP contribution in [0.2, 0.25) is 5.02 Å². The maximum atomic E-state index is 13.2. The summed E-state index contributed by atoms with van der Waals surface area (Å²) in [5, 5.41) is 2.83. The van der Waals surface area contributed by atoms with Gasteiger partial charge in [0, 0.05) is 6.54 Å². The number of benzene rings is 1. The summed E-state index contributed by atoms with van der Waals surface area (Å²) >= 11 is 7.01. The largest absolute Gasteiger partial charge is 0.379 e. The standard InChI is InChI=1S/C11H11ClFN3OS/c12-9-6(2-1-3-7(9)13)4-15-10(17)8-5-16-11(14)18-8/h1-3,8H,4-5H2,(H2,14,16)(H,15,17). The zero-order chi connectivity index (χ0) is 13.1. The molecular weight excluding hydrogens is 277 g/mol. The van der Waals surface area contributed by atoms with E-state index in [-0.39, 0.29) is 22.7 Å². The van der Waals surface area contributed by atoms with Crippen LogP contribution in [0.1, 0.15) is 5.56 Å². The number of hydrogen-bond acceptors (Lipinski definition) is 4. The van der Waals surface area contributed by atoms with Crippen molar-refractivity contribution in [3.63, 3.8) is 0 Å². The Bertz CT molecular complexity index is 509. The highest BCUT2D eigenvalue weighted by Gasteiger charge is 2.24. The molecule has 1 aliphatic rings. The lowest BCUT2D eigenvalue weighted by atomic mass is 10.2. The second kappa shape index (κ2) is 5.58. The molecule has 1 unspecified atom stereocenters. The van der Waals surface area contributed by atoms with Gasteiger partial charge in [-0.1, -0.05) is 35.5 Å². The molecular formula is C11H11ClFN3OS. The molecule has 18 heavy (non-hydrogen) atoms. The van der Waals surface area contributed by atoms with E-state index in [1.165, 1.54) is 17.8 Å². The Morgan fingerprint density at radius 3 is 3.11 bits per heavy atom. The summed E-state index contributed by atoms with van der Waals surface area (Å²) in [6.45, 7) is 0.561. The van der Waals surface area contributed by atoms with Crippen LogP contribution in [-0.2, 0) is 11.3 Å². The van der Waals surface area contributed by atoms with Crippen molar-refractivity contribution in [2.24, 2.45) is 10.7 Å². The van der Waals surface area contributed by atoms with Gasteiger partial charge in [-0.05, 0) is 11.6 Å². The first-order valence-electron chi connectivity index (χ1n) is 5.25. The molecule has 3 N–H and O–H groups in total. The predicted molar refractivity (Wildman–Crippen MR) is 71.1 cm³/mol. The molecule has 2 rings (SSSR count). The number of halogens is 2. The van der Waals surface area contributed by atoms with Gasteiger partial charge in [0.05, 0.1) is 11.6 Å². The third-order valence-electron chi connectivity index (χ3n) is 2.45. The van der Waals surface area contributed by atoms with Gasteiger partial charge in [-0.3, -0.25) is 9.79 Å². The molecule has 0 bridgehead atoms. The van der Waals surface area contributed by atoms with Crippen LogP contribution in [0.4, 0.5) is 4.39 Å². The number of thioether (sulfide) groups is 1. The Balaban J connectivity index is 1.92. The molecule has 0 fully saturated rings. The molecule has 1 amide bonds. The molecule has 1 aliphatic heterocycles. The first kappa shape index (κ1) is 13.2. The fraction of sp³-hybridized carbons (Fsp3) is 0.273. The number of aliphatic imine (C=N–C) groups is 1. The van der Waals surface area contributed by atoms with Crippen LogP contribution in [0.5, 0.6) is 0 Å². The van der Waals surface area contributed by atoms with Gasteiger partial charge in [0.15, 0.2) is 5.17 Å². The number of carbonyl (C=O) groups is 1. The van der Waals surface area contributed by atoms with E-state index in [1.54, 1.807) is 12.1 Å². The van der Waals surface area contributed by atoms with E-state index in [1.807, 2.05) is 0 Å². The van der Waals surface area contributed by atoms with E-state index in [0.717, 1.165) is 0 Å². The fourth-order valence-corrected chi connectivity index (χ4v) is 2.48. The van der Waals surface area contributed by atoms with Crippen LogP contribution < -0.4 is 11.1 Å². The minimum absolute atomic E-state index is 0.0349. The summed E-state index contributed by atoms with van der Waals surface area (Å²) in [6, 6.07) is 4.49. The Kier molecular flexibility index (Phi) is 4.08. The number of rotatable bonds is 3. The number of nitrogens with zero attached hydrogens (tertiary/aromatic N) is 1. The van der Waals surface area contributed by atoms with Crippen molar-refractivity contribution in [2.45, 2.75) is 11.8 Å². The maximum absolute atomic E-state index is 13.2. The van der Waals surface area contributed by atoms with Crippen LogP contribution in [0.3, 0.4) is 0 Å². The van der Waals surface area contributed by atoms with Gasteiger partial charge in [0.2, 0.25) is 5.91 Å². The highest BCUT2D eigenvalue weighted by Crippen LogP contribution is 2.21.